The van der Waals surface area contributed by atoms with Crippen LogP contribution in [0.15, 0.2) is 115 Å². The molecule has 0 aliphatic heterocycles. The van der Waals surface area contributed by atoms with Gasteiger partial charge in [-0.3, -0.25) is 0 Å². The third-order valence-corrected chi connectivity index (χ3v) is 9.72. The molecular weight excluding hydrogens is 508 g/mol. The van der Waals surface area contributed by atoms with Crippen molar-refractivity contribution in [2.45, 2.75) is 19.3 Å². The first kappa shape index (κ1) is 23.6. The summed E-state index contributed by atoms with van der Waals surface area (Å²) in [5, 5.41) is 9.81. The summed E-state index contributed by atoms with van der Waals surface area (Å²) in [5.41, 5.74) is 11.8. The summed E-state index contributed by atoms with van der Waals surface area (Å²) < 4.78 is 6.75. The molecule has 1 aliphatic rings. The van der Waals surface area contributed by atoms with Crippen LogP contribution in [0.1, 0.15) is 36.1 Å². The molecule has 0 atom stereocenters. The average molecular weight is 537 g/mol. The number of hydrogen-bond donors (Lipinski definition) is 0. The fourth-order valence-corrected chi connectivity index (χ4v) is 7.70. The minimum atomic E-state index is -0.109. The molecule has 0 saturated carbocycles. The van der Waals surface area contributed by atoms with Gasteiger partial charge in [-0.05, 0) is 72.8 Å². The van der Waals surface area contributed by atoms with Crippen molar-refractivity contribution < 1.29 is 4.42 Å². The molecule has 0 spiro atoms. The van der Waals surface area contributed by atoms with Gasteiger partial charge in [0.25, 0.3) is 0 Å². The van der Waals surface area contributed by atoms with Gasteiger partial charge in [0, 0.05) is 32.3 Å². The monoisotopic (exact) mass is 536 g/mol. The normalized spacial score (nSPS) is 13.9. The van der Waals surface area contributed by atoms with Crippen molar-refractivity contribution in [2.75, 3.05) is 0 Å². The molecule has 1 aromatic heterocycles. The smallest absolute Gasteiger partial charge is 0.143 e. The summed E-state index contributed by atoms with van der Waals surface area (Å²) in [7, 11) is 0. The largest absolute Gasteiger partial charge is 0.455 e. The molecule has 0 bridgehead atoms. The third-order valence-electron chi connectivity index (χ3n) is 9.72. The summed E-state index contributed by atoms with van der Waals surface area (Å²) in [6.07, 6.45) is 3.83. The lowest BCUT2D eigenvalue weighted by molar-refractivity contribution is 0.660. The predicted octanol–water partition coefficient (Wildman–Crippen LogP) is 11.7. The second-order valence-corrected chi connectivity index (χ2v) is 12.2. The van der Waals surface area contributed by atoms with E-state index in [1.807, 2.05) is 12.2 Å². The molecule has 9 rings (SSSR count). The number of furan rings is 1. The van der Waals surface area contributed by atoms with Gasteiger partial charge in [0.15, 0.2) is 0 Å². The molecule has 0 fully saturated rings. The molecule has 0 radical (unpaired) electrons. The first-order valence-corrected chi connectivity index (χ1v) is 14.6. The second kappa shape index (κ2) is 7.99. The van der Waals surface area contributed by atoms with Crippen LogP contribution in [0.5, 0.6) is 0 Å². The van der Waals surface area contributed by atoms with Gasteiger partial charge in [-0.25, -0.2) is 0 Å². The fraction of sp³-hybridized carbons (Fsp3) is 0.0732. The van der Waals surface area contributed by atoms with Gasteiger partial charge in [0.05, 0.1) is 0 Å². The number of hydrogen-bond acceptors (Lipinski definition) is 1. The van der Waals surface area contributed by atoms with E-state index in [-0.39, 0.29) is 5.41 Å². The summed E-state index contributed by atoms with van der Waals surface area (Å²) in [5.74, 6) is 0. The van der Waals surface area contributed by atoms with E-state index in [1.165, 1.54) is 65.7 Å². The van der Waals surface area contributed by atoms with Crippen molar-refractivity contribution >= 4 is 66.4 Å². The van der Waals surface area contributed by atoms with Crippen LogP contribution in [-0.2, 0) is 5.41 Å². The van der Waals surface area contributed by atoms with E-state index in [1.54, 1.807) is 0 Å². The van der Waals surface area contributed by atoms with Crippen molar-refractivity contribution in [3.8, 4) is 22.3 Å². The lowest BCUT2D eigenvalue weighted by Gasteiger charge is -2.22. The Hall–Kier alpha value is -5.14. The van der Waals surface area contributed by atoms with Crippen molar-refractivity contribution in [1.29, 1.82) is 0 Å². The van der Waals surface area contributed by atoms with Crippen LogP contribution in [0.2, 0.25) is 0 Å². The Balaban J connectivity index is 1.51. The van der Waals surface area contributed by atoms with E-state index in [4.69, 9.17) is 4.42 Å². The topological polar surface area (TPSA) is 13.1 Å². The molecule has 1 heterocycles. The van der Waals surface area contributed by atoms with Gasteiger partial charge in [-0.2, -0.15) is 0 Å². The van der Waals surface area contributed by atoms with Crippen LogP contribution < -0.4 is 0 Å². The Morgan fingerprint density at radius 1 is 0.571 bits per heavy atom. The number of fused-ring (bicyclic) bond motifs is 8. The number of benzene rings is 7. The highest BCUT2D eigenvalue weighted by atomic mass is 16.3. The maximum Gasteiger partial charge on any atom is 0.143 e. The molecule has 8 aromatic rings. The van der Waals surface area contributed by atoms with Gasteiger partial charge in [0.2, 0.25) is 0 Å². The van der Waals surface area contributed by atoms with Crippen molar-refractivity contribution in [2.24, 2.45) is 0 Å². The molecule has 0 saturated heterocycles. The highest BCUT2D eigenvalue weighted by Gasteiger charge is 2.37. The van der Waals surface area contributed by atoms with Crippen LogP contribution >= 0.6 is 0 Å². The summed E-state index contributed by atoms with van der Waals surface area (Å²) >= 11 is 0. The van der Waals surface area contributed by atoms with Gasteiger partial charge in [-0.15, -0.1) is 0 Å². The Labute approximate surface area is 244 Å². The number of rotatable bonds is 3. The predicted molar refractivity (Wildman–Crippen MR) is 181 cm³/mol. The third kappa shape index (κ3) is 2.83. The van der Waals surface area contributed by atoms with E-state index in [9.17, 15) is 0 Å². The molecule has 1 nitrogen and oxygen atoms in total. The van der Waals surface area contributed by atoms with Crippen LogP contribution in [0.4, 0.5) is 0 Å². The van der Waals surface area contributed by atoms with E-state index in [0.29, 0.717) is 0 Å². The molecule has 42 heavy (non-hydrogen) atoms. The van der Waals surface area contributed by atoms with Crippen molar-refractivity contribution in [3.63, 3.8) is 0 Å². The lowest BCUT2D eigenvalue weighted by Crippen LogP contribution is -2.15. The quantitative estimate of drug-likeness (QED) is 0.205. The zero-order chi connectivity index (χ0) is 28.3. The SMILES string of the molecule is C=Cc1ccc2c(c1)C(C)(C)c1cccc(-c3ccc4ccc5cccc6c7oc8cc(C=C)ccc8c7c3c4c56)c1-2. The first-order chi connectivity index (χ1) is 20.5. The maximum absolute atomic E-state index is 6.75. The lowest BCUT2D eigenvalue weighted by atomic mass is 9.81. The fourth-order valence-electron chi connectivity index (χ4n) is 7.70. The molecule has 0 N–H and O–H groups in total. The molecule has 198 valence electrons. The van der Waals surface area contributed by atoms with E-state index < -0.39 is 0 Å². The molecule has 1 aliphatic carbocycles. The average Bonchev–Trinajstić information content (AvgIpc) is 3.52. The molecule has 7 aromatic carbocycles. The van der Waals surface area contributed by atoms with E-state index in [0.717, 1.165) is 33.1 Å². The minimum absolute atomic E-state index is 0.109. The summed E-state index contributed by atoms with van der Waals surface area (Å²) in [4.78, 5) is 0. The van der Waals surface area contributed by atoms with E-state index >= 15 is 0 Å². The van der Waals surface area contributed by atoms with Gasteiger partial charge in [0.1, 0.15) is 11.2 Å². The molecule has 1 heteroatoms. The summed E-state index contributed by atoms with van der Waals surface area (Å²) in [6.45, 7) is 12.7. The Bertz CT molecular complexity index is 2460. The van der Waals surface area contributed by atoms with Crippen LogP contribution in [0, 0.1) is 0 Å². The van der Waals surface area contributed by atoms with E-state index in [2.05, 4.69) is 124 Å². The van der Waals surface area contributed by atoms with Gasteiger partial charge < -0.3 is 4.42 Å². The van der Waals surface area contributed by atoms with Crippen molar-refractivity contribution in [1.82, 2.24) is 0 Å². The highest BCUT2D eigenvalue weighted by Crippen LogP contribution is 2.55. The molecule has 0 amide bonds. The Morgan fingerprint density at radius 3 is 2.12 bits per heavy atom. The zero-order valence-electron chi connectivity index (χ0n) is 23.7. The first-order valence-electron chi connectivity index (χ1n) is 14.6. The second-order valence-electron chi connectivity index (χ2n) is 12.2. The zero-order valence-corrected chi connectivity index (χ0v) is 23.7. The van der Waals surface area contributed by atoms with Crippen LogP contribution in [-0.4, -0.2) is 0 Å². The van der Waals surface area contributed by atoms with Gasteiger partial charge >= 0.3 is 0 Å². The standard InChI is InChI=1S/C41H28O/c1-5-23-13-18-29-33(21-23)41(3,4)32-12-8-10-27(37(29)32)28-20-17-26-16-15-25-9-7-11-31-35(25)36(26)38(28)39-30-19-14-24(6-2)22-34(30)42-40(31)39/h5-22H,1-2H2,3-4H3. The molecular formula is C41H28O. The summed E-state index contributed by atoms with van der Waals surface area (Å²) in [6, 6.07) is 35.8. The highest BCUT2D eigenvalue weighted by molar-refractivity contribution is 6.39. The van der Waals surface area contributed by atoms with Gasteiger partial charge in [-0.1, -0.05) is 124 Å². The Kier molecular flexibility index (Phi) is 4.48. The minimum Gasteiger partial charge on any atom is -0.455 e. The van der Waals surface area contributed by atoms with Crippen molar-refractivity contribution in [3.05, 3.63) is 132 Å². The molecule has 0 unspecified atom stereocenters. The van der Waals surface area contributed by atoms with Crippen LogP contribution in [0.3, 0.4) is 0 Å². The van der Waals surface area contributed by atoms with Crippen LogP contribution in [0.25, 0.3) is 88.7 Å². The Morgan fingerprint density at radius 2 is 1.29 bits per heavy atom. The maximum atomic E-state index is 6.75.